The Morgan fingerprint density at radius 3 is 1.79 bits per heavy atom. The molecule has 0 aliphatic heterocycles. The summed E-state index contributed by atoms with van der Waals surface area (Å²) in [5, 5.41) is 0. The molecule has 2 nitrogen and oxygen atoms in total. The van der Waals surface area contributed by atoms with E-state index >= 15 is 0 Å². The third kappa shape index (κ3) is 3.51. The Labute approximate surface area is 80.7 Å². The molecule has 1 saturated carbocycles. The van der Waals surface area contributed by atoms with E-state index in [1.165, 1.54) is 12.1 Å². The highest BCUT2D eigenvalue weighted by atomic mass is 19.2. The largest absolute Gasteiger partial charge is 0.369 e. The second-order valence-corrected chi connectivity index (χ2v) is 3.09. The van der Waals surface area contributed by atoms with Gasteiger partial charge in [-0.1, -0.05) is 12.1 Å². The molecule has 4 heteroatoms. The van der Waals surface area contributed by atoms with Gasteiger partial charge in [0.05, 0.1) is 0 Å². The second-order valence-electron chi connectivity index (χ2n) is 3.09. The van der Waals surface area contributed by atoms with Gasteiger partial charge in [0.2, 0.25) is 5.91 Å². The maximum absolute atomic E-state index is 11.9. The van der Waals surface area contributed by atoms with Crippen molar-refractivity contribution >= 4 is 5.91 Å². The van der Waals surface area contributed by atoms with Gasteiger partial charge >= 0.3 is 0 Å². The van der Waals surface area contributed by atoms with Crippen molar-refractivity contribution in [3.63, 3.8) is 0 Å². The van der Waals surface area contributed by atoms with Gasteiger partial charge in [-0.05, 0) is 25.0 Å². The number of carbonyl (C=O) groups excluding carboxylic acids is 1. The van der Waals surface area contributed by atoms with Crippen LogP contribution in [-0.2, 0) is 4.79 Å². The molecule has 0 spiro atoms. The first kappa shape index (κ1) is 10.6. The van der Waals surface area contributed by atoms with Gasteiger partial charge in [-0.2, -0.15) is 0 Å². The summed E-state index contributed by atoms with van der Waals surface area (Å²) in [5.41, 5.74) is 4.86. The van der Waals surface area contributed by atoms with Gasteiger partial charge in [0.25, 0.3) is 0 Å². The van der Waals surface area contributed by atoms with E-state index in [2.05, 4.69) is 0 Å². The topological polar surface area (TPSA) is 43.1 Å². The van der Waals surface area contributed by atoms with Gasteiger partial charge in [-0.15, -0.1) is 0 Å². The Bertz CT molecular complexity index is 303. The number of rotatable bonds is 1. The second kappa shape index (κ2) is 4.69. The van der Waals surface area contributed by atoms with Gasteiger partial charge in [0, 0.05) is 5.92 Å². The molecule has 1 fully saturated rings. The molecule has 2 N–H and O–H groups in total. The lowest BCUT2D eigenvalue weighted by molar-refractivity contribution is -0.119. The summed E-state index contributed by atoms with van der Waals surface area (Å²) >= 11 is 0. The minimum absolute atomic E-state index is 0.130. The Kier molecular flexibility index (Phi) is 3.56. The highest BCUT2D eigenvalue weighted by Crippen LogP contribution is 2.27. The number of hydrogen-bond acceptors (Lipinski definition) is 1. The van der Waals surface area contributed by atoms with E-state index in [0.29, 0.717) is 0 Å². The normalized spacial score (nSPS) is 14.1. The lowest BCUT2D eigenvalue weighted by Gasteiger charge is -1.85. The molecule has 1 aliphatic rings. The fourth-order valence-corrected chi connectivity index (χ4v) is 0.807. The lowest BCUT2D eigenvalue weighted by Crippen LogP contribution is -2.11. The van der Waals surface area contributed by atoms with Crippen LogP contribution < -0.4 is 5.73 Å². The quantitative estimate of drug-likeness (QED) is 0.736. The maximum atomic E-state index is 11.9. The number of benzene rings is 1. The van der Waals surface area contributed by atoms with Crippen molar-refractivity contribution in [3.8, 4) is 0 Å². The summed E-state index contributed by atoms with van der Waals surface area (Å²) in [6, 6.07) is 5.04. The first-order chi connectivity index (χ1) is 6.61. The fourth-order valence-electron chi connectivity index (χ4n) is 0.807. The molecule has 0 atom stereocenters. The van der Waals surface area contributed by atoms with Crippen LogP contribution >= 0.6 is 0 Å². The fraction of sp³-hybridized carbons (Fsp3) is 0.300. The van der Waals surface area contributed by atoms with Crippen molar-refractivity contribution in [3.05, 3.63) is 35.9 Å². The van der Waals surface area contributed by atoms with E-state index in [1.54, 1.807) is 0 Å². The molecule has 76 valence electrons. The van der Waals surface area contributed by atoms with Crippen LogP contribution in [0.15, 0.2) is 24.3 Å². The smallest absolute Gasteiger partial charge is 0.220 e. The summed E-state index contributed by atoms with van der Waals surface area (Å²) in [6.45, 7) is 0. The summed E-state index contributed by atoms with van der Waals surface area (Å²) in [5.74, 6) is -1.49. The average molecular weight is 199 g/mol. The molecule has 0 aromatic heterocycles. The SMILES string of the molecule is Fc1ccccc1F.NC(=O)C1CC1. The maximum Gasteiger partial charge on any atom is 0.220 e. The van der Waals surface area contributed by atoms with Gasteiger partial charge < -0.3 is 5.73 Å². The zero-order valence-electron chi connectivity index (χ0n) is 7.54. The lowest BCUT2D eigenvalue weighted by atomic mass is 10.3. The molecule has 1 aliphatic carbocycles. The van der Waals surface area contributed by atoms with Crippen LogP contribution in [0.3, 0.4) is 0 Å². The van der Waals surface area contributed by atoms with Gasteiger partial charge in [0.1, 0.15) is 0 Å². The van der Waals surface area contributed by atoms with E-state index in [9.17, 15) is 13.6 Å². The molecule has 1 aromatic carbocycles. The van der Waals surface area contributed by atoms with E-state index in [4.69, 9.17) is 5.73 Å². The molecule has 0 bridgehead atoms. The molecule has 1 amide bonds. The van der Waals surface area contributed by atoms with Crippen molar-refractivity contribution in [2.45, 2.75) is 12.8 Å². The summed E-state index contributed by atoms with van der Waals surface area (Å²) < 4.78 is 23.9. The molecule has 14 heavy (non-hydrogen) atoms. The highest BCUT2D eigenvalue weighted by molar-refractivity contribution is 5.78. The third-order valence-corrected chi connectivity index (χ3v) is 1.80. The van der Waals surface area contributed by atoms with Crippen LogP contribution in [0.1, 0.15) is 12.8 Å². The van der Waals surface area contributed by atoms with Crippen LogP contribution in [0.2, 0.25) is 0 Å². The van der Waals surface area contributed by atoms with Gasteiger partial charge in [-0.25, -0.2) is 8.78 Å². The summed E-state index contributed by atoms with van der Waals surface area (Å²) in [7, 11) is 0. The van der Waals surface area contributed by atoms with Crippen LogP contribution in [0, 0.1) is 17.6 Å². The molecule has 0 saturated heterocycles. The van der Waals surface area contributed by atoms with Crippen LogP contribution in [0.4, 0.5) is 8.78 Å². The van der Waals surface area contributed by atoms with Crippen molar-refractivity contribution in [2.24, 2.45) is 11.7 Å². The van der Waals surface area contributed by atoms with Crippen LogP contribution in [-0.4, -0.2) is 5.91 Å². The predicted octanol–water partition coefficient (Wildman–Crippen LogP) is 1.85. The molecule has 1 aromatic rings. The number of amides is 1. The van der Waals surface area contributed by atoms with E-state index in [-0.39, 0.29) is 11.8 Å². The van der Waals surface area contributed by atoms with E-state index < -0.39 is 11.6 Å². The summed E-state index contributed by atoms with van der Waals surface area (Å²) in [6.07, 6.45) is 2.05. The molecular formula is C10H11F2NO. The molecule has 0 radical (unpaired) electrons. The van der Waals surface area contributed by atoms with Crippen LogP contribution in [0.25, 0.3) is 0 Å². The zero-order chi connectivity index (χ0) is 10.6. The van der Waals surface area contributed by atoms with E-state index in [1.807, 2.05) is 0 Å². The van der Waals surface area contributed by atoms with Crippen molar-refractivity contribution in [1.82, 2.24) is 0 Å². The highest BCUT2D eigenvalue weighted by Gasteiger charge is 2.26. The Hall–Kier alpha value is -1.45. The van der Waals surface area contributed by atoms with Crippen LogP contribution in [0.5, 0.6) is 0 Å². The number of primary amides is 1. The first-order valence-corrected chi connectivity index (χ1v) is 4.30. The zero-order valence-corrected chi connectivity index (χ0v) is 7.54. The minimum Gasteiger partial charge on any atom is -0.369 e. The van der Waals surface area contributed by atoms with Gasteiger partial charge in [-0.3, -0.25) is 4.79 Å². The van der Waals surface area contributed by atoms with Crippen molar-refractivity contribution in [1.29, 1.82) is 0 Å². The van der Waals surface area contributed by atoms with E-state index in [0.717, 1.165) is 25.0 Å². The Balaban J connectivity index is 0.000000146. The molecular weight excluding hydrogens is 188 g/mol. The Morgan fingerprint density at radius 1 is 1.21 bits per heavy atom. The molecule has 2 rings (SSSR count). The number of nitrogens with two attached hydrogens (primary N) is 1. The Morgan fingerprint density at radius 2 is 1.64 bits per heavy atom. The molecule has 0 heterocycles. The monoisotopic (exact) mass is 199 g/mol. The standard InChI is InChI=1S/C6H4F2.C4H7NO/c7-5-3-1-2-4-6(5)8;5-4(6)3-1-2-3/h1-4H;3H,1-2H2,(H2,5,6). The van der Waals surface area contributed by atoms with Crippen molar-refractivity contribution in [2.75, 3.05) is 0 Å². The number of halogens is 2. The van der Waals surface area contributed by atoms with Gasteiger partial charge in [0.15, 0.2) is 11.6 Å². The van der Waals surface area contributed by atoms with Crippen molar-refractivity contribution < 1.29 is 13.6 Å². The predicted molar refractivity (Wildman–Crippen MR) is 48.3 cm³/mol. The first-order valence-electron chi connectivity index (χ1n) is 4.30. The summed E-state index contributed by atoms with van der Waals surface area (Å²) in [4.78, 5) is 9.98. The third-order valence-electron chi connectivity index (χ3n) is 1.80. The number of hydrogen-bond donors (Lipinski definition) is 1. The average Bonchev–Trinajstić information content (AvgIpc) is 2.94. The molecule has 0 unspecified atom stereocenters. The number of carbonyl (C=O) groups is 1. The minimum atomic E-state index is -0.799.